The van der Waals surface area contributed by atoms with Crippen LogP contribution in [-0.4, -0.2) is 39.0 Å². The molecule has 0 aliphatic rings. The van der Waals surface area contributed by atoms with Crippen LogP contribution in [-0.2, 0) is 6.54 Å². The molecular weight excluding hydrogens is 476 g/mol. The van der Waals surface area contributed by atoms with E-state index in [2.05, 4.69) is 48.8 Å². The average Bonchev–Trinajstić information content (AvgIpc) is 3.69. The molecule has 0 unspecified atom stereocenters. The van der Waals surface area contributed by atoms with Gasteiger partial charge in [0, 0.05) is 47.4 Å². The molecule has 0 aliphatic heterocycles. The van der Waals surface area contributed by atoms with Crippen LogP contribution in [0.15, 0.2) is 104 Å². The average molecular weight is 499 g/mol. The van der Waals surface area contributed by atoms with Crippen LogP contribution in [0.5, 0.6) is 0 Å². The first-order chi connectivity index (χ1) is 18.8. The van der Waals surface area contributed by atoms with Crippen LogP contribution in [0.1, 0.15) is 5.56 Å². The van der Waals surface area contributed by atoms with Gasteiger partial charge in [-0.2, -0.15) is 4.98 Å². The quantitative estimate of drug-likeness (QED) is 0.269. The Morgan fingerprint density at radius 3 is 2.74 bits per heavy atom. The predicted molar refractivity (Wildman–Crippen MR) is 147 cm³/mol. The van der Waals surface area contributed by atoms with Crippen molar-refractivity contribution in [3.8, 4) is 5.95 Å². The predicted octanol–water partition coefficient (Wildman–Crippen LogP) is 5.42. The molecule has 184 valence electrons. The number of benzene rings is 3. The molecule has 0 aliphatic carbocycles. The third-order valence-electron chi connectivity index (χ3n) is 6.24. The molecule has 0 fully saturated rings. The van der Waals surface area contributed by atoms with Crippen molar-refractivity contribution in [3.05, 3.63) is 110 Å². The Kier molecular flexibility index (Phi) is 5.25. The van der Waals surface area contributed by atoms with Crippen molar-refractivity contribution >= 4 is 45.2 Å². The largest absolute Gasteiger partial charge is 0.361 e. The van der Waals surface area contributed by atoms with Crippen molar-refractivity contribution in [1.29, 1.82) is 0 Å². The second kappa shape index (κ2) is 9.17. The first-order valence-corrected chi connectivity index (χ1v) is 12.1. The van der Waals surface area contributed by atoms with E-state index in [-0.39, 0.29) is 0 Å². The second-order valence-corrected chi connectivity index (χ2v) is 8.83. The number of rotatable bonds is 7. The molecule has 10 heteroatoms. The smallest absolute Gasteiger partial charge is 0.241 e. The number of nitrogens with one attached hydrogen (secondary N) is 3. The lowest BCUT2D eigenvalue weighted by Crippen LogP contribution is -2.08. The van der Waals surface area contributed by atoms with Crippen LogP contribution >= 0.6 is 0 Å². The van der Waals surface area contributed by atoms with E-state index in [1.54, 1.807) is 12.5 Å². The fourth-order valence-electron chi connectivity index (χ4n) is 4.50. The summed E-state index contributed by atoms with van der Waals surface area (Å²) in [6.45, 7) is 0.725. The van der Waals surface area contributed by atoms with Gasteiger partial charge in [-0.1, -0.05) is 24.3 Å². The van der Waals surface area contributed by atoms with Crippen molar-refractivity contribution in [2.24, 2.45) is 0 Å². The monoisotopic (exact) mass is 498 g/mol. The number of imidazole rings is 2. The maximum Gasteiger partial charge on any atom is 0.241 e. The van der Waals surface area contributed by atoms with Gasteiger partial charge in [-0.05, 0) is 54.1 Å². The van der Waals surface area contributed by atoms with Crippen LogP contribution in [0.25, 0.3) is 27.9 Å². The summed E-state index contributed by atoms with van der Waals surface area (Å²) < 4.78 is 3.92. The van der Waals surface area contributed by atoms with Gasteiger partial charge >= 0.3 is 0 Å². The topological polar surface area (TPSA) is 114 Å². The van der Waals surface area contributed by atoms with Gasteiger partial charge in [0.25, 0.3) is 0 Å². The molecule has 7 aromatic rings. The summed E-state index contributed by atoms with van der Waals surface area (Å²) in [5, 5.41) is 7.88. The van der Waals surface area contributed by atoms with Gasteiger partial charge in [0.05, 0.1) is 17.4 Å². The maximum absolute atomic E-state index is 4.83. The normalized spacial score (nSPS) is 11.3. The summed E-state index contributed by atoms with van der Waals surface area (Å²) in [7, 11) is 0. The van der Waals surface area contributed by atoms with Crippen LogP contribution in [0.2, 0.25) is 0 Å². The summed E-state index contributed by atoms with van der Waals surface area (Å²) in [6.07, 6.45) is 8.95. The molecule has 0 saturated carbocycles. The number of aromatic nitrogens is 8. The summed E-state index contributed by atoms with van der Waals surface area (Å²) >= 11 is 0. The van der Waals surface area contributed by atoms with Crippen LogP contribution < -0.4 is 10.6 Å². The first kappa shape index (κ1) is 21.7. The highest BCUT2D eigenvalue weighted by Gasteiger charge is 2.16. The van der Waals surface area contributed by atoms with Gasteiger partial charge in [0.15, 0.2) is 0 Å². The van der Waals surface area contributed by atoms with E-state index in [9.17, 15) is 0 Å². The summed E-state index contributed by atoms with van der Waals surface area (Å²) in [4.78, 5) is 25.8. The lowest BCUT2D eigenvalue weighted by Gasteiger charge is -2.11. The third kappa shape index (κ3) is 4.20. The van der Waals surface area contributed by atoms with E-state index >= 15 is 0 Å². The number of fused-ring (bicyclic) bond motifs is 2. The number of H-pyrrole nitrogens is 1. The van der Waals surface area contributed by atoms with Crippen molar-refractivity contribution in [3.63, 3.8) is 0 Å². The zero-order valence-corrected chi connectivity index (χ0v) is 20.2. The summed E-state index contributed by atoms with van der Waals surface area (Å²) in [6, 6.07) is 24.2. The minimum Gasteiger partial charge on any atom is -0.361 e. The van der Waals surface area contributed by atoms with Crippen molar-refractivity contribution in [2.75, 3.05) is 10.6 Å². The molecule has 4 aromatic heterocycles. The highest BCUT2D eigenvalue weighted by molar-refractivity contribution is 5.85. The van der Waals surface area contributed by atoms with E-state index < -0.39 is 0 Å². The highest BCUT2D eigenvalue weighted by atomic mass is 15.3. The number of anilines is 4. The molecule has 0 radical (unpaired) electrons. The molecule has 38 heavy (non-hydrogen) atoms. The molecule has 7 rings (SSSR count). The van der Waals surface area contributed by atoms with E-state index in [0.717, 1.165) is 45.4 Å². The van der Waals surface area contributed by atoms with E-state index in [1.807, 2.05) is 76.1 Å². The Balaban J connectivity index is 1.22. The lowest BCUT2D eigenvalue weighted by atomic mass is 10.2. The molecule has 0 amide bonds. The van der Waals surface area contributed by atoms with Crippen LogP contribution in [0, 0.1) is 0 Å². The molecular formula is C28H22N10. The number of para-hydroxylation sites is 2. The zero-order valence-electron chi connectivity index (χ0n) is 20.2. The first-order valence-electron chi connectivity index (χ1n) is 12.1. The van der Waals surface area contributed by atoms with Gasteiger partial charge in [-0.15, -0.1) is 0 Å². The highest BCUT2D eigenvalue weighted by Crippen LogP contribution is 2.27. The molecule has 0 bridgehead atoms. The number of hydrogen-bond acceptors (Lipinski definition) is 7. The molecule has 3 N–H and O–H groups in total. The molecule has 0 spiro atoms. The second-order valence-electron chi connectivity index (χ2n) is 8.83. The molecule has 0 atom stereocenters. The number of nitrogens with zero attached hydrogens (tertiary/aromatic N) is 7. The fourth-order valence-corrected chi connectivity index (χ4v) is 4.50. The van der Waals surface area contributed by atoms with Crippen molar-refractivity contribution in [2.45, 2.75) is 6.54 Å². The lowest BCUT2D eigenvalue weighted by molar-refractivity contribution is 0.797. The molecule has 10 nitrogen and oxygen atoms in total. The maximum atomic E-state index is 4.83. The van der Waals surface area contributed by atoms with E-state index in [1.165, 1.54) is 6.33 Å². The third-order valence-corrected chi connectivity index (χ3v) is 6.24. The Morgan fingerprint density at radius 1 is 0.842 bits per heavy atom. The fraction of sp³-hybridized carbons (Fsp3) is 0.0357. The molecule has 3 aromatic carbocycles. The minimum absolute atomic E-state index is 0.437. The van der Waals surface area contributed by atoms with Gasteiger partial charge in [0.2, 0.25) is 17.8 Å². The Bertz CT molecular complexity index is 1870. The number of aromatic amines is 1. The van der Waals surface area contributed by atoms with Gasteiger partial charge in [-0.25, -0.2) is 24.5 Å². The minimum atomic E-state index is 0.437. The number of hydrogen-bond donors (Lipinski definition) is 3. The molecule has 4 heterocycles. The van der Waals surface area contributed by atoms with Crippen LogP contribution in [0.3, 0.4) is 0 Å². The van der Waals surface area contributed by atoms with E-state index in [4.69, 9.17) is 9.97 Å². The van der Waals surface area contributed by atoms with Gasteiger partial charge < -0.3 is 20.2 Å². The zero-order chi connectivity index (χ0) is 25.3. The summed E-state index contributed by atoms with van der Waals surface area (Å²) in [5.74, 6) is 1.50. The standard InChI is InChI=1S/C28H22N10/c1-2-7-25-24(6-1)35-28(34-22-8-9-23-20(15-22)10-11-30-23)38(25)27-32-17-31-26(36-27)33-21-5-3-4-19(14-21)16-37-13-12-29-18-37/h1-15,17-18,30H,16H2,(H,34,35)(H,31,32,33,36). The Labute approximate surface area is 217 Å². The van der Waals surface area contributed by atoms with Crippen molar-refractivity contribution < 1.29 is 0 Å². The summed E-state index contributed by atoms with van der Waals surface area (Å²) in [5.41, 5.74) is 5.72. The van der Waals surface area contributed by atoms with Gasteiger partial charge in [0.1, 0.15) is 6.33 Å². The van der Waals surface area contributed by atoms with Gasteiger partial charge in [-0.3, -0.25) is 0 Å². The van der Waals surface area contributed by atoms with Crippen molar-refractivity contribution in [1.82, 2.24) is 39.0 Å². The Hall–Kier alpha value is -5.51. The molecule has 0 saturated heterocycles. The van der Waals surface area contributed by atoms with Crippen LogP contribution in [0.4, 0.5) is 23.3 Å². The van der Waals surface area contributed by atoms with E-state index in [0.29, 0.717) is 17.8 Å². The Morgan fingerprint density at radius 2 is 1.79 bits per heavy atom. The SMILES string of the molecule is c1cc(Cn2ccnc2)cc(Nc2ncnc(-n3c(Nc4ccc5[nH]ccc5c4)nc4ccccc43)n2)c1.